The summed E-state index contributed by atoms with van der Waals surface area (Å²) < 4.78 is 5.06. The third-order valence-electron chi connectivity index (χ3n) is 1.79. The van der Waals surface area contributed by atoms with Crippen LogP contribution in [0.15, 0.2) is 11.5 Å². The van der Waals surface area contributed by atoms with Gasteiger partial charge in [0.1, 0.15) is 12.2 Å². The van der Waals surface area contributed by atoms with Crippen molar-refractivity contribution in [1.82, 2.24) is 0 Å². The predicted octanol–water partition coefficient (Wildman–Crippen LogP) is 0.482. The quantitative estimate of drug-likeness (QED) is 0.482. The summed E-state index contributed by atoms with van der Waals surface area (Å²) in [5.41, 5.74) is 0. The lowest BCUT2D eigenvalue weighted by molar-refractivity contribution is -0.0852. The van der Waals surface area contributed by atoms with Crippen LogP contribution in [0.5, 0.6) is 0 Å². The monoisotopic (exact) mass is 160 g/mol. The minimum absolute atomic E-state index is 0.282. The number of ether oxygens (including phenoxy) is 1. The van der Waals surface area contributed by atoms with Crippen molar-refractivity contribution in [3.8, 4) is 0 Å². The van der Waals surface area contributed by atoms with Crippen LogP contribution in [0.3, 0.4) is 0 Å². The highest BCUT2D eigenvalue weighted by molar-refractivity contribution is 5.12. The van der Waals surface area contributed by atoms with Gasteiger partial charge in [-0.25, -0.2) is 0 Å². The van der Waals surface area contributed by atoms with E-state index in [2.05, 4.69) is 0 Å². The minimum Gasteiger partial charge on any atom is -0.506 e. The summed E-state index contributed by atoms with van der Waals surface area (Å²) in [5, 5.41) is 27.3. The van der Waals surface area contributed by atoms with E-state index in [0.717, 1.165) is 0 Å². The van der Waals surface area contributed by atoms with E-state index in [-0.39, 0.29) is 11.5 Å². The predicted molar refractivity (Wildman–Crippen MR) is 38.3 cm³/mol. The van der Waals surface area contributed by atoms with Crippen LogP contribution in [0.4, 0.5) is 0 Å². The van der Waals surface area contributed by atoms with Crippen molar-refractivity contribution in [2.45, 2.75) is 32.2 Å². The smallest absolute Gasteiger partial charge is 0.164 e. The molecule has 1 heterocycles. The molecule has 0 amide bonds. The highest BCUT2D eigenvalue weighted by atomic mass is 16.5. The fraction of sp³-hybridized carbons (Fsp3) is 0.714. The van der Waals surface area contributed by atoms with Crippen LogP contribution >= 0.6 is 0 Å². The zero-order chi connectivity index (χ0) is 8.59. The molecule has 0 saturated heterocycles. The molecule has 0 fully saturated rings. The van der Waals surface area contributed by atoms with Crippen LogP contribution < -0.4 is 0 Å². The molecule has 4 nitrogen and oxygen atoms in total. The van der Waals surface area contributed by atoms with Crippen LogP contribution in [0.2, 0.25) is 0 Å². The third-order valence-corrected chi connectivity index (χ3v) is 1.79. The van der Waals surface area contributed by atoms with Gasteiger partial charge in [-0.3, -0.25) is 0 Å². The molecule has 1 aliphatic rings. The summed E-state index contributed by atoms with van der Waals surface area (Å²) in [7, 11) is 0. The molecule has 64 valence electrons. The summed E-state index contributed by atoms with van der Waals surface area (Å²) in [6.07, 6.45) is -2.11. The SMILES string of the molecule is CC1O[C@@H](C)C(O)=C(O)[C@@H]1O. The van der Waals surface area contributed by atoms with E-state index in [1.807, 2.05) is 0 Å². The summed E-state index contributed by atoms with van der Waals surface area (Å²) >= 11 is 0. The lowest BCUT2D eigenvalue weighted by Gasteiger charge is -2.28. The Bertz CT molecular complexity index is 187. The lowest BCUT2D eigenvalue weighted by Crippen LogP contribution is -2.38. The van der Waals surface area contributed by atoms with Crippen LogP contribution in [-0.2, 0) is 4.74 Å². The van der Waals surface area contributed by atoms with E-state index in [0.29, 0.717) is 0 Å². The van der Waals surface area contributed by atoms with Gasteiger partial charge >= 0.3 is 0 Å². The van der Waals surface area contributed by atoms with E-state index < -0.39 is 18.3 Å². The van der Waals surface area contributed by atoms with Crippen LogP contribution in [0.1, 0.15) is 13.8 Å². The van der Waals surface area contributed by atoms with Gasteiger partial charge < -0.3 is 20.1 Å². The fourth-order valence-corrected chi connectivity index (χ4v) is 1.04. The molecule has 1 rings (SSSR count). The zero-order valence-electron chi connectivity index (χ0n) is 6.48. The second kappa shape index (κ2) is 2.71. The van der Waals surface area contributed by atoms with Crippen molar-refractivity contribution in [3.63, 3.8) is 0 Å². The fourth-order valence-electron chi connectivity index (χ4n) is 1.04. The van der Waals surface area contributed by atoms with Crippen molar-refractivity contribution >= 4 is 0 Å². The Hall–Kier alpha value is -0.740. The van der Waals surface area contributed by atoms with Crippen molar-refractivity contribution in [2.24, 2.45) is 0 Å². The van der Waals surface area contributed by atoms with Gasteiger partial charge in [0.15, 0.2) is 11.5 Å². The summed E-state index contributed by atoms with van der Waals surface area (Å²) in [6.45, 7) is 3.23. The molecule has 1 unspecified atom stereocenters. The lowest BCUT2D eigenvalue weighted by atomic mass is 10.1. The van der Waals surface area contributed by atoms with Gasteiger partial charge in [-0.05, 0) is 13.8 Å². The van der Waals surface area contributed by atoms with E-state index in [1.165, 1.54) is 0 Å². The Morgan fingerprint density at radius 2 is 1.73 bits per heavy atom. The molecule has 0 radical (unpaired) electrons. The van der Waals surface area contributed by atoms with Crippen molar-refractivity contribution in [3.05, 3.63) is 11.5 Å². The van der Waals surface area contributed by atoms with Crippen molar-refractivity contribution < 1.29 is 20.1 Å². The Morgan fingerprint density at radius 3 is 2.27 bits per heavy atom. The van der Waals surface area contributed by atoms with Crippen molar-refractivity contribution in [2.75, 3.05) is 0 Å². The van der Waals surface area contributed by atoms with E-state index in [1.54, 1.807) is 13.8 Å². The first-order valence-corrected chi connectivity index (χ1v) is 3.49. The molecule has 0 spiro atoms. The molecule has 3 atom stereocenters. The summed E-state index contributed by atoms with van der Waals surface area (Å²) in [4.78, 5) is 0. The van der Waals surface area contributed by atoms with E-state index >= 15 is 0 Å². The molecule has 0 saturated carbocycles. The molecule has 11 heavy (non-hydrogen) atoms. The summed E-state index contributed by atoms with van der Waals surface area (Å²) in [5.74, 6) is -0.660. The topological polar surface area (TPSA) is 69.9 Å². The second-order valence-corrected chi connectivity index (χ2v) is 2.70. The maximum atomic E-state index is 9.14. The molecule has 4 heteroatoms. The Labute approximate surface area is 64.7 Å². The Morgan fingerprint density at radius 1 is 1.18 bits per heavy atom. The maximum Gasteiger partial charge on any atom is 0.164 e. The number of rotatable bonds is 0. The minimum atomic E-state index is -1.11. The number of aliphatic hydroxyl groups is 3. The average Bonchev–Trinajstić information content (AvgIpc) is 1.97. The molecule has 1 aliphatic heterocycles. The number of hydrogen-bond acceptors (Lipinski definition) is 4. The van der Waals surface area contributed by atoms with Crippen molar-refractivity contribution in [1.29, 1.82) is 0 Å². The van der Waals surface area contributed by atoms with E-state index in [9.17, 15) is 0 Å². The highest BCUT2D eigenvalue weighted by Gasteiger charge is 2.32. The molecule has 0 aromatic rings. The van der Waals surface area contributed by atoms with E-state index in [4.69, 9.17) is 20.1 Å². The Kier molecular flexibility index (Phi) is 2.06. The van der Waals surface area contributed by atoms with Crippen LogP contribution in [0, 0.1) is 0 Å². The van der Waals surface area contributed by atoms with Gasteiger partial charge in [0, 0.05) is 0 Å². The van der Waals surface area contributed by atoms with Gasteiger partial charge in [-0.15, -0.1) is 0 Å². The zero-order valence-corrected chi connectivity index (χ0v) is 6.48. The van der Waals surface area contributed by atoms with Gasteiger partial charge in [0.25, 0.3) is 0 Å². The number of aliphatic hydroxyl groups excluding tert-OH is 3. The second-order valence-electron chi connectivity index (χ2n) is 2.70. The highest BCUT2D eigenvalue weighted by Crippen LogP contribution is 2.21. The molecule has 0 aromatic heterocycles. The maximum absolute atomic E-state index is 9.14. The first-order chi connectivity index (χ1) is 5.04. The normalized spacial score (nSPS) is 39.4. The Balaban J connectivity index is 2.89. The molecular formula is C7H12O4. The molecule has 0 aromatic carbocycles. The van der Waals surface area contributed by atoms with Crippen LogP contribution in [-0.4, -0.2) is 33.6 Å². The average molecular weight is 160 g/mol. The van der Waals surface area contributed by atoms with Gasteiger partial charge in [-0.1, -0.05) is 0 Å². The molecule has 3 N–H and O–H groups in total. The molecule has 0 aliphatic carbocycles. The standard InChI is InChI=1S/C7H12O4/c1-3-5(8)7(10)6(9)4(2)11-3/h3-5,8-10H,1-2H3/t3?,4-,5+/m0/s1. The largest absolute Gasteiger partial charge is 0.506 e. The molecular weight excluding hydrogens is 148 g/mol. The van der Waals surface area contributed by atoms with Gasteiger partial charge in [-0.2, -0.15) is 0 Å². The van der Waals surface area contributed by atoms with Gasteiger partial charge in [0.2, 0.25) is 0 Å². The third kappa shape index (κ3) is 1.32. The van der Waals surface area contributed by atoms with Crippen LogP contribution in [0.25, 0.3) is 0 Å². The summed E-state index contributed by atoms with van der Waals surface area (Å²) in [6, 6.07) is 0. The van der Waals surface area contributed by atoms with Gasteiger partial charge in [0.05, 0.1) is 6.10 Å². The first kappa shape index (κ1) is 8.36. The molecule has 0 bridgehead atoms. The number of hydrogen-bond donors (Lipinski definition) is 3. The first-order valence-electron chi connectivity index (χ1n) is 3.49.